The van der Waals surface area contributed by atoms with E-state index in [2.05, 4.69) is 26.5 Å². The van der Waals surface area contributed by atoms with Crippen LogP contribution in [0.5, 0.6) is 11.5 Å². The molecule has 0 spiro atoms. The van der Waals surface area contributed by atoms with Crippen molar-refractivity contribution in [3.8, 4) is 11.5 Å². The quantitative estimate of drug-likeness (QED) is 0.258. The predicted molar refractivity (Wildman–Crippen MR) is 130 cm³/mol. The summed E-state index contributed by atoms with van der Waals surface area (Å²) in [5, 5.41) is 6.19. The Kier molecular flexibility index (Phi) is 6.82. The number of methoxy groups -OCH3 is 1. The fraction of sp³-hybridized carbons (Fsp3) is 0.0769. The van der Waals surface area contributed by atoms with E-state index in [9.17, 15) is 4.79 Å². The summed E-state index contributed by atoms with van der Waals surface area (Å²) >= 11 is 3.43. The van der Waals surface area contributed by atoms with Crippen molar-refractivity contribution in [2.75, 3.05) is 7.11 Å². The van der Waals surface area contributed by atoms with Gasteiger partial charge in [0.05, 0.1) is 13.3 Å². The summed E-state index contributed by atoms with van der Waals surface area (Å²) in [7, 11) is 1.60. The lowest BCUT2D eigenvalue weighted by Crippen LogP contribution is -2.17. The second-order valence-corrected chi connectivity index (χ2v) is 8.00. The minimum Gasteiger partial charge on any atom is -0.493 e. The Hall–Kier alpha value is -3.64. The maximum absolute atomic E-state index is 12.5. The van der Waals surface area contributed by atoms with Crippen LogP contribution in [0.3, 0.4) is 0 Å². The SMILES string of the molecule is COc1ccc(/C=N\NC(=O)c2ccc3ccccc3c2)cc1OCc1ccc(Br)cc1. The Morgan fingerprint density at radius 2 is 1.72 bits per heavy atom. The van der Waals surface area contributed by atoms with Crippen molar-refractivity contribution < 1.29 is 14.3 Å². The monoisotopic (exact) mass is 488 g/mol. The molecule has 0 fully saturated rings. The highest BCUT2D eigenvalue weighted by molar-refractivity contribution is 9.10. The zero-order chi connectivity index (χ0) is 22.3. The number of hydrogen-bond donors (Lipinski definition) is 1. The highest BCUT2D eigenvalue weighted by Crippen LogP contribution is 2.28. The molecule has 0 aliphatic carbocycles. The number of hydrogen-bond acceptors (Lipinski definition) is 4. The molecular formula is C26H21BrN2O3. The molecule has 4 rings (SSSR count). The van der Waals surface area contributed by atoms with Crippen LogP contribution < -0.4 is 14.9 Å². The van der Waals surface area contributed by atoms with Crippen LogP contribution in [0.4, 0.5) is 0 Å². The van der Waals surface area contributed by atoms with Gasteiger partial charge in [0.25, 0.3) is 5.91 Å². The van der Waals surface area contributed by atoms with Crippen LogP contribution in [0.15, 0.2) is 94.5 Å². The minimum absolute atomic E-state index is 0.271. The van der Waals surface area contributed by atoms with Crippen LogP contribution in [-0.2, 0) is 6.61 Å². The second-order valence-electron chi connectivity index (χ2n) is 7.09. The van der Waals surface area contributed by atoms with E-state index in [-0.39, 0.29) is 5.91 Å². The highest BCUT2D eigenvalue weighted by atomic mass is 79.9. The van der Waals surface area contributed by atoms with Gasteiger partial charge in [-0.2, -0.15) is 5.10 Å². The van der Waals surface area contributed by atoms with Crippen LogP contribution in [-0.4, -0.2) is 19.2 Å². The number of hydrazone groups is 1. The van der Waals surface area contributed by atoms with Gasteiger partial charge >= 0.3 is 0 Å². The molecule has 0 aliphatic heterocycles. The van der Waals surface area contributed by atoms with Gasteiger partial charge in [0.15, 0.2) is 11.5 Å². The summed E-state index contributed by atoms with van der Waals surface area (Å²) in [6.07, 6.45) is 1.57. The average molecular weight is 489 g/mol. The molecule has 4 aromatic carbocycles. The van der Waals surface area contributed by atoms with Crippen LogP contribution in [0.2, 0.25) is 0 Å². The molecule has 4 aromatic rings. The van der Waals surface area contributed by atoms with Crippen molar-refractivity contribution in [2.45, 2.75) is 6.61 Å². The first kappa shape index (κ1) is 21.6. The topological polar surface area (TPSA) is 59.9 Å². The molecule has 0 unspecified atom stereocenters. The predicted octanol–water partition coefficient (Wildman–Crippen LogP) is 5.95. The largest absolute Gasteiger partial charge is 0.493 e. The molecular weight excluding hydrogens is 468 g/mol. The number of rotatable bonds is 7. The van der Waals surface area contributed by atoms with Crippen molar-refractivity contribution in [1.82, 2.24) is 5.43 Å². The fourth-order valence-corrected chi connectivity index (χ4v) is 3.45. The summed E-state index contributed by atoms with van der Waals surface area (Å²) < 4.78 is 12.4. The normalized spacial score (nSPS) is 10.9. The smallest absolute Gasteiger partial charge is 0.271 e. The molecule has 0 aliphatic rings. The average Bonchev–Trinajstić information content (AvgIpc) is 2.83. The van der Waals surface area contributed by atoms with Crippen LogP contribution in [0.1, 0.15) is 21.5 Å². The van der Waals surface area contributed by atoms with Gasteiger partial charge in [0, 0.05) is 10.0 Å². The van der Waals surface area contributed by atoms with E-state index in [0.717, 1.165) is 26.4 Å². The molecule has 1 N–H and O–H groups in total. The van der Waals surface area contributed by atoms with Gasteiger partial charge in [-0.25, -0.2) is 5.43 Å². The Morgan fingerprint density at radius 1 is 0.938 bits per heavy atom. The maximum Gasteiger partial charge on any atom is 0.271 e. The maximum atomic E-state index is 12.5. The number of ether oxygens (including phenoxy) is 2. The van der Waals surface area contributed by atoms with Crippen LogP contribution in [0.25, 0.3) is 10.8 Å². The van der Waals surface area contributed by atoms with Gasteiger partial charge in [-0.3, -0.25) is 4.79 Å². The molecule has 0 radical (unpaired) electrons. The molecule has 0 saturated carbocycles. The van der Waals surface area contributed by atoms with Gasteiger partial charge in [0.1, 0.15) is 6.61 Å². The summed E-state index contributed by atoms with van der Waals surface area (Å²) in [5.74, 6) is 0.951. The molecule has 160 valence electrons. The molecule has 6 heteroatoms. The Labute approximate surface area is 194 Å². The second kappa shape index (κ2) is 10.1. The van der Waals surface area contributed by atoms with E-state index in [1.165, 1.54) is 0 Å². The van der Waals surface area contributed by atoms with E-state index < -0.39 is 0 Å². The Balaban J connectivity index is 1.42. The number of carbonyl (C=O) groups is 1. The first-order valence-electron chi connectivity index (χ1n) is 10.00. The summed E-state index contributed by atoms with van der Waals surface area (Å²) in [5.41, 5.74) is 4.94. The molecule has 5 nitrogen and oxygen atoms in total. The molecule has 32 heavy (non-hydrogen) atoms. The lowest BCUT2D eigenvalue weighted by atomic mass is 10.1. The number of fused-ring (bicyclic) bond motifs is 1. The Morgan fingerprint density at radius 3 is 2.50 bits per heavy atom. The third kappa shape index (κ3) is 5.34. The fourth-order valence-electron chi connectivity index (χ4n) is 3.19. The third-order valence-electron chi connectivity index (χ3n) is 4.89. The molecule has 0 atom stereocenters. The number of nitrogens with zero attached hydrogens (tertiary/aromatic N) is 1. The number of amides is 1. The van der Waals surface area contributed by atoms with Gasteiger partial charge in [0.2, 0.25) is 0 Å². The number of nitrogens with one attached hydrogen (secondary N) is 1. The first-order chi connectivity index (χ1) is 15.6. The van der Waals surface area contributed by atoms with Crippen molar-refractivity contribution in [2.24, 2.45) is 5.10 Å². The van der Waals surface area contributed by atoms with Crippen molar-refractivity contribution >= 4 is 38.8 Å². The van der Waals surface area contributed by atoms with Gasteiger partial charge in [-0.1, -0.05) is 58.4 Å². The third-order valence-corrected chi connectivity index (χ3v) is 5.42. The highest BCUT2D eigenvalue weighted by Gasteiger charge is 2.07. The molecule has 1 amide bonds. The number of benzene rings is 4. The summed E-state index contributed by atoms with van der Waals surface area (Å²) in [4.78, 5) is 12.5. The minimum atomic E-state index is -0.271. The number of halogens is 1. The zero-order valence-corrected chi connectivity index (χ0v) is 19.0. The van der Waals surface area contributed by atoms with E-state index >= 15 is 0 Å². The summed E-state index contributed by atoms with van der Waals surface area (Å²) in [6, 6.07) is 26.9. The molecule has 0 heterocycles. The van der Waals surface area contributed by atoms with Gasteiger partial charge in [-0.15, -0.1) is 0 Å². The van der Waals surface area contributed by atoms with E-state index in [0.29, 0.717) is 23.7 Å². The lowest BCUT2D eigenvalue weighted by Gasteiger charge is -2.11. The van der Waals surface area contributed by atoms with E-state index in [4.69, 9.17) is 9.47 Å². The molecule has 0 saturated heterocycles. The molecule has 0 aromatic heterocycles. The van der Waals surface area contributed by atoms with Gasteiger partial charge in [-0.05, 0) is 64.4 Å². The zero-order valence-electron chi connectivity index (χ0n) is 17.4. The van der Waals surface area contributed by atoms with Crippen molar-refractivity contribution in [3.63, 3.8) is 0 Å². The lowest BCUT2D eigenvalue weighted by molar-refractivity contribution is 0.0955. The van der Waals surface area contributed by atoms with E-state index in [1.54, 1.807) is 19.4 Å². The van der Waals surface area contributed by atoms with E-state index in [1.807, 2.05) is 78.9 Å². The standard InChI is InChI=1S/C26H21BrN2O3/c1-31-24-13-8-19(14-25(24)32-17-18-6-11-23(27)12-7-18)16-28-29-26(30)22-10-9-20-4-2-3-5-21(20)15-22/h2-16H,17H2,1H3,(H,29,30)/b28-16-. The van der Waals surface area contributed by atoms with Crippen LogP contribution >= 0.6 is 15.9 Å². The van der Waals surface area contributed by atoms with Crippen molar-refractivity contribution in [1.29, 1.82) is 0 Å². The molecule has 0 bridgehead atoms. The van der Waals surface area contributed by atoms with Gasteiger partial charge < -0.3 is 9.47 Å². The Bertz CT molecular complexity index is 1270. The summed E-state index contributed by atoms with van der Waals surface area (Å²) in [6.45, 7) is 0.406. The van der Waals surface area contributed by atoms with Crippen LogP contribution in [0, 0.1) is 0 Å². The first-order valence-corrected chi connectivity index (χ1v) is 10.8. The van der Waals surface area contributed by atoms with Crippen molar-refractivity contribution in [3.05, 3.63) is 106 Å². The number of carbonyl (C=O) groups excluding carboxylic acids is 1.